The largest absolute Gasteiger partial charge is 0.343 e. The highest BCUT2D eigenvalue weighted by Gasteiger charge is 2.30. The zero-order chi connectivity index (χ0) is 13.2. The minimum atomic E-state index is -0.00602. The number of halogens is 1. The number of hydrogen-bond acceptors (Lipinski definition) is 4. The van der Waals surface area contributed by atoms with Crippen LogP contribution in [0.1, 0.15) is 28.5 Å². The minimum absolute atomic E-state index is 0.00602. The van der Waals surface area contributed by atoms with Crippen LogP contribution in [-0.4, -0.2) is 34.0 Å². The number of hydrogen-bond donors (Lipinski definition) is 0. The minimum Gasteiger partial charge on any atom is -0.343 e. The molecule has 1 atom stereocenters. The molecule has 2 heterocycles. The number of aromatic nitrogens is 2. The van der Waals surface area contributed by atoms with Crippen molar-refractivity contribution in [2.24, 2.45) is 0 Å². The van der Waals surface area contributed by atoms with Gasteiger partial charge < -0.3 is 9.42 Å². The fourth-order valence-electron chi connectivity index (χ4n) is 2.32. The van der Waals surface area contributed by atoms with E-state index in [9.17, 15) is 4.79 Å². The van der Waals surface area contributed by atoms with Gasteiger partial charge >= 0.3 is 0 Å². The van der Waals surface area contributed by atoms with Gasteiger partial charge in [0.2, 0.25) is 6.39 Å². The van der Waals surface area contributed by atoms with Crippen molar-refractivity contribution >= 4 is 17.5 Å². The van der Waals surface area contributed by atoms with Gasteiger partial charge in [0.15, 0.2) is 5.82 Å². The molecular formula is C13H12ClN3O2. The Morgan fingerprint density at radius 2 is 2.37 bits per heavy atom. The third-order valence-electron chi connectivity index (χ3n) is 3.29. The highest BCUT2D eigenvalue weighted by Crippen LogP contribution is 2.26. The first-order valence-corrected chi connectivity index (χ1v) is 6.43. The quantitative estimate of drug-likeness (QED) is 0.845. The Bertz CT molecular complexity index is 585. The molecule has 0 saturated carbocycles. The van der Waals surface area contributed by atoms with Crippen molar-refractivity contribution < 1.29 is 9.32 Å². The second-order valence-corrected chi connectivity index (χ2v) is 4.97. The molecule has 0 N–H and O–H groups in total. The summed E-state index contributed by atoms with van der Waals surface area (Å²) in [6.07, 6.45) is 2.17. The summed E-state index contributed by atoms with van der Waals surface area (Å²) in [5.41, 5.74) is 0.612. The molecule has 19 heavy (non-hydrogen) atoms. The van der Waals surface area contributed by atoms with E-state index < -0.39 is 0 Å². The lowest BCUT2D eigenvalue weighted by molar-refractivity contribution is 0.0790. The van der Waals surface area contributed by atoms with E-state index >= 15 is 0 Å². The van der Waals surface area contributed by atoms with Crippen molar-refractivity contribution in [3.05, 3.63) is 47.1 Å². The predicted molar refractivity (Wildman–Crippen MR) is 69.0 cm³/mol. The molecule has 0 unspecified atom stereocenters. The van der Waals surface area contributed by atoms with Gasteiger partial charge in [0, 0.05) is 29.6 Å². The van der Waals surface area contributed by atoms with Crippen molar-refractivity contribution in [2.45, 2.75) is 12.3 Å². The molecule has 1 aliphatic rings. The average Bonchev–Trinajstić information content (AvgIpc) is 3.08. The first kappa shape index (κ1) is 12.2. The molecule has 3 rings (SSSR count). The smallest absolute Gasteiger partial charge is 0.253 e. The zero-order valence-corrected chi connectivity index (χ0v) is 10.9. The van der Waals surface area contributed by atoms with Gasteiger partial charge in [0.05, 0.1) is 0 Å². The molecule has 1 aromatic carbocycles. The number of likely N-dealkylation sites (tertiary alicyclic amines) is 1. The first-order valence-electron chi connectivity index (χ1n) is 6.05. The normalized spacial score (nSPS) is 18.8. The van der Waals surface area contributed by atoms with Crippen LogP contribution in [0.4, 0.5) is 0 Å². The van der Waals surface area contributed by atoms with Crippen LogP contribution in [0, 0.1) is 0 Å². The van der Waals surface area contributed by atoms with Crippen molar-refractivity contribution in [2.75, 3.05) is 13.1 Å². The SMILES string of the molecule is O=C(c1cccc(Cl)c1)N1CC[C@H](c2ncon2)C1. The van der Waals surface area contributed by atoms with E-state index in [1.54, 1.807) is 29.2 Å². The maximum Gasteiger partial charge on any atom is 0.253 e. The van der Waals surface area contributed by atoms with Gasteiger partial charge in [-0.2, -0.15) is 4.98 Å². The van der Waals surface area contributed by atoms with E-state index in [0.29, 0.717) is 29.5 Å². The summed E-state index contributed by atoms with van der Waals surface area (Å²) in [6, 6.07) is 6.99. The van der Waals surface area contributed by atoms with Crippen LogP contribution in [0.2, 0.25) is 5.02 Å². The van der Waals surface area contributed by atoms with E-state index in [4.69, 9.17) is 16.1 Å². The highest BCUT2D eigenvalue weighted by atomic mass is 35.5. The summed E-state index contributed by atoms with van der Waals surface area (Å²) >= 11 is 5.90. The molecule has 5 nitrogen and oxygen atoms in total. The average molecular weight is 278 g/mol. The van der Waals surface area contributed by atoms with Gasteiger partial charge in [-0.1, -0.05) is 22.8 Å². The van der Waals surface area contributed by atoms with Crippen LogP contribution in [0.3, 0.4) is 0 Å². The van der Waals surface area contributed by atoms with Crippen LogP contribution in [0.25, 0.3) is 0 Å². The molecular weight excluding hydrogens is 266 g/mol. The Morgan fingerprint density at radius 3 is 3.11 bits per heavy atom. The number of carbonyl (C=O) groups is 1. The molecule has 98 valence electrons. The van der Waals surface area contributed by atoms with E-state index in [0.717, 1.165) is 6.42 Å². The maximum atomic E-state index is 12.3. The molecule has 2 aromatic rings. The molecule has 6 heteroatoms. The third kappa shape index (κ3) is 2.46. The van der Waals surface area contributed by atoms with E-state index in [1.807, 2.05) is 0 Å². The Labute approximate surface area is 115 Å². The standard InChI is InChI=1S/C13H12ClN3O2/c14-11-3-1-2-9(6-11)13(18)17-5-4-10(7-17)12-15-8-19-16-12/h1-3,6,8,10H,4-5,7H2/t10-/m0/s1. The number of amides is 1. The molecule has 0 radical (unpaired) electrons. The second kappa shape index (κ2) is 5.01. The molecule has 1 amide bonds. The van der Waals surface area contributed by atoms with Crippen LogP contribution in [-0.2, 0) is 0 Å². The lowest BCUT2D eigenvalue weighted by atomic mass is 10.1. The van der Waals surface area contributed by atoms with E-state index in [-0.39, 0.29) is 11.8 Å². The zero-order valence-electron chi connectivity index (χ0n) is 10.1. The van der Waals surface area contributed by atoms with Gasteiger partial charge in [-0.25, -0.2) is 0 Å². The van der Waals surface area contributed by atoms with Gasteiger partial charge in [-0.3, -0.25) is 4.79 Å². The van der Waals surface area contributed by atoms with Gasteiger partial charge in [0.1, 0.15) is 0 Å². The molecule has 1 saturated heterocycles. The van der Waals surface area contributed by atoms with Gasteiger partial charge in [0.25, 0.3) is 5.91 Å². The van der Waals surface area contributed by atoms with Crippen molar-refractivity contribution in [1.29, 1.82) is 0 Å². The number of nitrogens with zero attached hydrogens (tertiary/aromatic N) is 3. The number of carbonyl (C=O) groups excluding carboxylic acids is 1. The summed E-state index contributed by atoms with van der Waals surface area (Å²) in [5, 5.41) is 4.40. The fraction of sp³-hybridized carbons (Fsp3) is 0.308. The van der Waals surface area contributed by atoms with Crippen LogP contribution >= 0.6 is 11.6 Å². The summed E-state index contributed by atoms with van der Waals surface area (Å²) in [5.74, 6) is 0.816. The van der Waals surface area contributed by atoms with Crippen molar-refractivity contribution in [1.82, 2.24) is 15.0 Å². The molecule has 1 aromatic heterocycles. The topological polar surface area (TPSA) is 59.2 Å². The Balaban J connectivity index is 1.73. The summed E-state index contributed by atoms with van der Waals surface area (Å²) in [4.78, 5) is 18.2. The Kier molecular flexibility index (Phi) is 3.21. The van der Waals surface area contributed by atoms with Crippen LogP contribution in [0.5, 0.6) is 0 Å². The van der Waals surface area contributed by atoms with Crippen molar-refractivity contribution in [3.63, 3.8) is 0 Å². The van der Waals surface area contributed by atoms with Gasteiger partial charge in [-0.15, -0.1) is 0 Å². The lowest BCUT2D eigenvalue weighted by Gasteiger charge is -2.15. The molecule has 0 aliphatic carbocycles. The monoisotopic (exact) mass is 277 g/mol. The van der Waals surface area contributed by atoms with Gasteiger partial charge in [-0.05, 0) is 24.6 Å². The van der Waals surface area contributed by atoms with Crippen molar-refractivity contribution in [3.8, 4) is 0 Å². The lowest BCUT2D eigenvalue weighted by Crippen LogP contribution is -2.28. The second-order valence-electron chi connectivity index (χ2n) is 4.54. The number of rotatable bonds is 2. The predicted octanol–water partition coefficient (Wildman–Crippen LogP) is 2.35. The summed E-state index contributed by atoms with van der Waals surface area (Å²) < 4.78 is 4.74. The Hall–Kier alpha value is -1.88. The first-order chi connectivity index (χ1) is 9.24. The van der Waals surface area contributed by atoms with E-state index in [1.165, 1.54) is 6.39 Å². The van der Waals surface area contributed by atoms with Crippen LogP contribution in [0.15, 0.2) is 35.2 Å². The van der Waals surface area contributed by atoms with Crippen LogP contribution < -0.4 is 0 Å². The number of benzene rings is 1. The highest BCUT2D eigenvalue weighted by molar-refractivity contribution is 6.30. The molecule has 0 spiro atoms. The van der Waals surface area contributed by atoms with E-state index in [2.05, 4.69) is 10.1 Å². The maximum absolute atomic E-state index is 12.3. The summed E-state index contributed by atoms with van der Waals surface area (Å²) in [7, 11) is 0. The fourth-order valence-corrected chi connectivity index (χ4v) is 2.51. The third-order valence-corrected chi connectivity index (χ3v) is 3.53. The molecule has 0 bridgehead atoms. The summed E-state index contributed by atoms with van der Waals surface area (Å²) in [6.45, 7) is 1.31. The molecule has 1 fully saturated rings. The Morgan fingerprint density at radius 1 is 1.47 bits per heavy atom. The molecule has 1 aliphatic heterocycles.